The number of halogens is 1. The summed E-state index contributed by atoms with van der Waals surface area (Å²) in [6, 6.07) is 11.0. The lowest BCUT2D eigenvalue weighted by molar-refractivity contribution is 0.0526. The minimum Gasteiger partial charge on any atom is -0.462 e. The minimum atomic E-state index is -3.93. The summed E-state index contributed by atoms with van der Waals surface area (Å²) in [6.07, 6.45) is 0. The van der Waals surface area contributed by atoms with Gasteiger partial charge in [-0.1, -0.05) is 29.8 Å². The molecule has 0 spiro atoms. The number of esters is 1. The van der Waals surface area contributed by atoms with Crippen LogP contribution in [-0.2, 0) is 14.8 Å². The van der Waals surface area contributed by atoms with Gasteiger partial charge < -0.3 is 4.74 Å². The molecule has 122 valence electrons. The van der Waals surface area contributed by atoms with Gasteiger partial charge in [0, 0.05) is 0 Å². The van der Waals surface area contributed by atoms with Crippen molar-refractivity contribution in [1.29, 1.82) is 0 Å². The van der Waals surface area contributed by atoms with E-state index in [1.807, 2.05) is 6.07 Å². The van der Waals surface area contributed by atoms with Gasteiger partial charge in [-0.25, -0.2) is 13.2 Å². The van der Waals surface area contributed by atoms with E-state index in [9.17, 15) is 13.2 Å². The highest BCUT2D eigenvalue weighted by Crippen LogP contribution is 2.26. The van der Waals surface area contributed by atoms with Gasteiger partial charge in [0.1, 0.15) is 4.90 Å². The zero-order valence-corrected chi connectivity index (χ0v) is 14.2. The number of carbonyl (C=O) groups excluding carboxylic acids is 1. The van der Waals surface area contributed by atoms with Crippen molar-refractivity contribution in [2.45, 2.75) is 18.7 Å². The number of hydrogen-bond donors (Lipinski definition) is 1. The smallest absolute Gasteiger partial charge is 0.338 e. The second kappa shape index (κ2) is 7.02. The van der Waals surface area contributed by atoms with E-state index in [2.05, 4.69) is 4.72 Å². The average Bonchev–Trinajstić information content (AvgIpc) is 2.50. The Balaban J connectivity index is 2.41. The van der Waals surface area contributed by atoms with E-state index in [0.29, 0.717) is 5.69 Å². The van der Waals surface area contributed by atoms with Crippen molar-refractivity contribution in [3.8, 4) is 0 Å². The highest BCUT2D eigenvalue weighted by atomic mass is 35.5. The number of carbonyl (C=O) groups is 1. The van der Waals surface area contributed by atoms with Crippen LogP contribution in [-0.4, -0.2) is 21.0 Å². The van der Waals surface area contributed by atoms with Crippen LogP contribution in [0.25, 0.3) is 0 Å². The third kappa shape index (κ3) is 4.03. The Kier molecular flexibility index (Phi) is 5.28. The molecule has 2 aromatic rings. The molecule has 0 unspecified atom stereocenters. The van der Waals surface area contributed by atoms with Crippen molar-refractivity contribution in [2.75, 3.05) is 11.3 Å². The summed E-state index contributed by atoms with van der Waals surface area (Å²) in [5, 5.41) is 0.0270. The molecule has 0 saturated carbocycles. The molecule has 0 bridgehead atoms. The van der Waals surface area contributed by atoms with Gasteiger partial charge in [0.2, 0.25) is 0 Å². The molecular weight excluding hydrogens is 338 g/mol. The molecule has 0 fully saturated rings. The zero-order valence-electron chi connectivity index (χ0n) is 12.7. The van der Waals surface area contributed by atoms with Gasteiger partial charge >= 0.3 is 5.97 Å². The minimum absolute atomic E-state index is 0.0270. The van der Waals surface area contributed by atoms with Crippen molar-refractivity contribution >= 4 is 33.3 Å². The predicted molar refractivity (Wildman–Crippen MR) is 89.4 cm³/mol. The molecule has 0 aliphatic rings. The van der Waals surface area contributed by atoms with Gasteiger partial charge in [-0.15, -0.1) is 0 Å². The average molecular weight is 354 g/mol. The van der Waals surface area contributed by atoms with Crippen LogP contribution in [0.15, 0.2) is 47.4 Å². The number of sulfonamides is 1. The summed E-state index contributed by atoms with van der Waals surface area (Å²) < 4.78 is 32.5. The molecule has 23 heavy (non-hydrogen) atoms. The molecule has 0 amide bonds. The summed E-state index contributed by atoms with van der Waals surface area (Å²) in [7, 11) is -3.93. The summed E-state index contributed by atoms with van der Waals surface area (Å²) in [5.74, 6) is -0.600. The van der Waals surface area contributed by atoms with Gasteiger partial charge in [-0.3, -0.25) is 4.72 Å². The highest BCUT2D eigenvalue weighted by molar-refractivity contribution is 7.92. The van der Waals surface area contributed by atoms with Crippen molar-refractivity contribution < 1.29 is 17.9 Å². The Labute approximate surface area is 140 Å². The SMILES string of the molecule is CCOC(=O)c1ccc(Cl)c(S(=O)(=O)Nc2ccccc2C)c1. The van der Waals surface area contributed by atoms with Crippen LogP contribution in [0, 0.1) is 6.92 Å². The molecule has 2 rings (SSSR count). The molecule has 0 atom stereocenters. The van der Waals surface area contributed by atoms with Crippen molar-refractivity contribution in [1.82, 2.24) is 0 Å². The fourth-order valence-corrected chi connectivity index (χ4v) is 3.60. The second-order valence-corrected chi connectivity index (χ2v) is 6.84. The maximum absolute atomic E-state index is 12.6. The lowest BCUT2D eigenvalue weighted by Crippen LogP contribution is -2.15. The second-order valence-electron chi connectivity index (χ2n) is 4.79. The molecule has 0 aliphatic heterocycles. The Bertz CT molecular complexity index is 834. The molecule has 5 nitrogen and oxygen atoms in total. The number of ether oxygens (including phenoxy) is 1. The summed E-state index contributed by atoms with van der Waals surface area (Å²) >= 11 is 6.00. The molecule has 0 aliphatic carbocycles. The van der Waals surface area contributed by atoms with Crippen molar-refractivity contribution in [3.05, 3.63) is 58.6 Å². The van der Waals surface area contributed by atoms with Crippen LogP contribution in [0.2, 0.25) is 5.02 Å². The van der Waals surface area contributed by atoms with E-state index in [1.165, 1.54) is 18.2 Å². The van der Waals surface area contributed by atoms with Crippen LogP contribution < -0.4 is 4.72 Å². The Morgan fingerprint density at radius 3 is 2.57 bits per heavy atom. The van der Waals surface area contributed by atoms with E-state index in [1.54, 1.807) is 32.0 Å². The number of anilines is 1. The normalized spacial score (nSPS) is 11.1. The first-order chi connectivity index (χ1) is 10.8. The molecule has 7 heteroatoms. The summed E-state index contributed by atoms with van der Waals surface area (Å²) in [4.78, 5) is 11.6. The summed E-state index contributed by atoms with van der Waals surface area (Å²) in [5.41, 5.74) is 1.35. The molecule has 0 saturated heterocycles. The monoisotopic (exact) mass is 353 g/mol. The van der Waals surface area contributed by atoms with Gasteiger partial charge in [0.15, 0.2) is 0 Å². The highest BCUT2D eigenvalue weighted by Gasteiger charge is 2.21. The van der Waals surface area contributed by atoms with E-state index in [-0.39, 0.29) is 22.1 Å². The number of para-hydroxylation sites is 1. The Morgan fingerprint density at radius 2 is 1.91 bits per heavy atom. The molecule has 0 radical (unpaired) electrons. The van der Waals surface area contributed by atoms with Crippen LogP contribution in [0.1, 0.15) is 22.8 Å². The molecule has 0 aromatic heterocycles. The number of aryl methyl sites for hydroxylation is 1. The summed E-state index contributed by atoms with van der Waals surface area (Å²) in [6.45, 7) is 3.66. The van der Waals surface area contributed by atoms with E-state index in [0.717, 1.165) is 5.56 Å². The standard InChI is InChI=1S/C16H16ClNO4S/c1-3-22-16(19)12-8-9-13(17)15(10-12)23(20,21)18-14-7-5-4-6-11(14)2/h4-10,18H,3H2,1-2H3. The first kappa shape index (κ1) is 17.3. The van der Waals surface area contributed by atoms with E-state index >= 15 is 0 Å². The number of nitrogens with one attached hydrogen (secondary N) is 1. The van der Waals surface area contributed by atoms with Crippen LogP contribution in [0.5, 0.6) is 0 Å². The molecular formula is C16H16ClNO4S. The van der Waals surface area contributed by atoms with Crippen molar-refractivity contribution in [3.63, 3.8) is 0 Å². The largest absolute Gasteiger partial charge is 0.462 e. The lowest BCUT2D eigenvalue weighted by Gasteiger charge is -2.12. The number of hydrogen-bond acceptors (Lipinski definition) is 4. The first-order valence-corrected chi connectivity index (χ1v) is 8.76. The Morgan fingerprint density at radius 1 is 1.22 bits per heavy atom. The topological polar surface area (TPSA) is 72.5 Å². The zero-order chi connectivity index (χ0) is 17.0. The fourth-order valence-electron chi connectivity index (χ4n) is 1.94. The van der Waals surface area contributed by atoms with Gasteiger partial charge in [0.05, 0.1) is 22.9 Å². The maximum atomic E-state index is 12.6. The van der Waals surface area contributed by atoms with Crippen LogP contribution in [0.4, 0.5) is 5.69 Å². The third-order valence-corrected chi connectivity index (χ3v) is 4.97. The molecule has 2 aromatic carbocycles. The molecule has 0 heterocycles. The van der Waals surface area contributed by atoms with Crippen molar-refractivity contribution in [2.24, 2.45) is 0 Å². The van der Waals surface area contributed by atoms with E-state index < -0.39 is 16.0 Å². The Hall–Kier alpha value is -2.05. The number of benzene rings is 2. The van der Waals surface area contributed by atoms with Gasteiger partial charge in [-0.2, -0.15) is 0 Å². The van der Waals surface area contributed by atoms with Gasteiger partial charge in [-0.05, 0) is 43.7 Å². The lowest BCUT2D eigenvalue weighted by atomic mass is 10.2. The quantitative estimate of drug-likeness (QED) is 0.833. The van der Waals surface area contributed by atoms with Gasteiger partial charge in [0.25, 0.3) is 10.0 Å². The first-order valence-electron chi connectivity index (χ1n) is 6.90. The maximum Gasteiger partial charge on any atom is 0.338 e. The van der Waals surface area contributed by atoms with Crippen LogP contribution >= 0.6 is 11.6 Å². The fraction of sp³-hybridized carbons (Fsp3) is 0.188. The van der Waals surface area contributed by atoms with E-state index in [4.69, 9.17) is 16.3 Å². The van der Waals surface area contributed by atoms with Crippen LogP contribution in [0.3, 0.4) is 0 Å². The predicted octanol–water partition coefficient (Wildman–Crippen LogP) is 3.63. The third-order valence-electron chi connectivity index (χ3n) is 3.12. The number of rotatable bonds is 5. The molecule has 1 N–H and O–H groups in total.